The van der Waals surface area contributed by atoms with E-state index in [0.717, 1.165) is 26.2 Å². The molecule has 0 saturated carbocycles. The van der Waals surface area contributed by atoms with E-state index in [1.165, 1.54) is 25.1 Å². The topological polar surface area (TPSA) is 69.6 Å². The van der Waals surface area contributed by atoms with Crippen molar-refractivity contribution < 1.29 is 9.90 Å². The molecule has 6 nitrogen and oxygen atoms in total. The number of aromatic carboxylic acids is 1. The van der Waals surface area contributed by atoms with Crippen molar-refractivity contribution in [3.05, 3.63) is 17.8 Å². The number of likely N-dealkylation sites (tertiary alicyclic amines) is 1. The van der Waals surface area contributed by atoms with E-state index in [4.69, 9.17) is 5.11 Å². The molecule has 1 aliphatic rings. The average molecular weight is 250 g/mol. The van der Waals surface area contributed by atoms with Crippen LogP contribution >= 0.6 is 0 Å². The van der Waals surface area contributed by atoms with Crippen LogP contribution in [0.2, 0.25) is 0 Å². The Morgan fingerprint density at radius 1 is 1.50 bits per heavy atom. The lowest BCUT2D eigenvalue weighted by Gasteiger charge is -2.22. The number of aromatic nitrogens is 2. The molecule has 2 heterocycles. The maximum atomic E-state index is 11.1. The first kappa shape index (κ1) is 12.8. The molecule has 0 bridgehead atoms. The second-order valence-corrected chi connectivity index (χ2v) is 4.54. The number of nitrogens with zero attached hydrogens (tertiary/aromatic N) is 4. The molecule has 6 heteroatoms. The maximum absolute atomic E-state index is 11.1. The van der Waals surface area contributed by atoms with Crippen LogP contribution in [-0.4, -0.2) is 59.4 Å². The molecule has 0 spiro atoms. The second-order valence-electron chi connectivity index (χ2n) is 4.54. The summed E-state index contributed by atoms with van der Waals surface area (Å²) >= 11 is 0. The molecule has 1 aliphatic heterocycles. The van der Waals surface area contributed by atoms with Gasteiger partial charge in [0.05, 0.1) is 6.20 Å². The van der Waals surface area contributed by atoms with Crippen molar-refractivity contribution in [1.82, 2.24) is 15.1 Å². The highest BCUT2D eigenvalue weighted by Gasteiger charge is 2.17. The van der Waals surface area contributed by atoms with Crippen LogP contribution in [-0.2, 0) is 0 Å². The molecule has 1 saturated heterocycles. The van der Waals surface area contributed by atoms with Crippen LogP contribution < -0.4 is 4.90 Å². The molecule has 18 heavy (non-hydrogen) atoms. The smallest absolute Gasteiger partial charge is 0.339 e. The Kier molecular flexibility index (Phi) is 4.09. The predicted octanol–water partition coefficient (Wildman–Crippen LogP) is 0.707. The van der Waals surface area contributed by atoms with Crippen LogP contribution in [0.25, 0.3) is 0 Å². The van der Waals surface area contributed by atoms with Gasteiger partial charge in [-0.1, -0.05) is 0 Å². The molecule has 2 rings (SSSR count). The van der Waals surface area contributed by atoms with E-state index in [1.54, 1.807) is 0 Å². The van der Waals surface area contributed by atoms with Gasteiger partial charge in [0.25, 0.3) is 0 Å². The fourth-order valence-electron chi connectivity index (χ4n) is 2.18. The number of carbonyl (C=O) groups is 1. The SMILES string of the molecule is CN(CCN1CCCC1)c1nnccc1C(=O)O. The monoisotopic (exact) mass is 250 g/mol. The highest BCUT2D eigenvalue weighted by atomic mass is 16.4. The molecule has 98 valence electrons. The number of hydrogen-bond acceptors (Lipinski definition) is 5. The predicted molar refractivity (Wildman–Crippen MR) is 67.9 cm³/mol. The Morgan fingerprint density at radius 2 is 2.22 bits per heavy atom. The molecule has 1 N–H and O–H groups in total. The Morgan fingerprint density at radius 3 is 2.89 bits per heavy atom. The Bertz CT molecular complexity index is 418. The zero-order valence-electron chi connectivity index (χ0n) is 10.5. The fourth-order valence-corrected chi connectivity index (χ4v) is 2.18. The summed E-state index contributed by atoms with van der Waals surface area (Å²) in [4.78, 5) is 15.3. The van der Waals surface area contributed by atoms with Gasteiger partial charge in [0, 0.05) is 20.1 Å². The summed E-state index contributed by atoms with van der Waals surface area (Å²) in [6.07, 6.45) is 3.92. The third-order valence-corrected chi connectivity index (χ3v) is 3.24. The molecule has 0 unspecified atom stereocenters. The number of rotatable bonds is 5. The van der Waals surface area contributed by atoms with Gasteiger partial charge < -0.3 is 14.9 Å². The van der Waals surface area contributed by atoms with Gasteiger partial charge in [0.2, 0.25) is 0 Å². The molecule has 0 atom stereocenters. The van der Waals surface area contributed by atoms with Crippen LogP contribution in [0, 0.1) is 0 Å². The van der Waals surface area contributed by atoms with Gasteiger partial charge in [0.1, 0.15) is 5.56 Å². The minimum Gasteiger partial charge on any atom is -0.478 e. The van der Waals surface area contributed by atoms with Gasteiger partial charge >= 0.3 is 5.97 Å². The highest BCUT2D eigenvalue weighted by Crippen LogP contribution is 2.15. The fraction of sp³-hybridized carbons (Fsp3) is 0.583. The normalized spacial score (nSPS) is 15.8. The lowest BCUT2D eigenvalue weighted by Crippen LogP contribution is -2.32. The van der Waals surface area contributed by atoms with Crippen LogP contribution in [0.15, 0.2) is 12.3 Å². The number of likely N-dealkylation sites (N-methyl/N-ethyl adjacent to an activating group) is 1. The Labute approximate surface area is 106 Å². The van der Waals surface area contributed by atoms with E-state index in [2.05, 4.69) is 15.1 Å². The average Bonchev–Trinajstić information content (AvgIpc) is 2.89. The van der Waals surface area contributed by atoms with E-state index < -0.39 is 5.97 Å². The molecule has 0 aromatic carbocycles. The zero-order chi connectivity index (χ0) is 13.0. The molecule has 0 amide bonds. The summed E-state index contributed by atoms with van der Waals surface area (Å²) in [6.45, 7) is 3.98. The third kappa shape index (κ3) is 2.95. The third-order valence-electron chi connectivity index (χ3n) is 3.24. The van der Waals surface area contributed by atoms with E-state index in [1.807, 2.05) is 11.9 Å². The molecule has 1 aromatic heterocycles. The van der Waals surface area contributed by atoms with Crippen molar-refractivity contribution in [1.29, 1.82) is 0 Å². The molecular weight excluding hydrogens is 232 g/mol. The van der Waals surface area contributed by atoms with Crippen molar-refractivity contribution in [2.24, 2.45) is 0 Å². The van der Waals surface area contributed by atoms with Crippen LogP contribution in [0.3, 0.4) is 0 Å². The number of carboxylic acids is 1. The summed E-state index contributed by atoms with van der Waals surface area (Å²) < 4.78 is 0. The number of carboxylic acid groups (broad SMARTS) is 1. The van der Waals surface area contributed by atoms with Gasteiger partial charge in [-0.2, -0.15) is 5.10 Å². The largest absolute Gasteiger partial charge is 0.478 e. The summed E-state index contributed by atoms with van der Waals surface area (Å²) in [5.41, 5.74) is 0.203. The molecular formula is C12H18N4O2. The first-order valence-electron chi connectivity index (χ1n) is 6.17. The van der Waals surface area contributed by atoms with E-state index in [-0.39, 0.29) is 5.56 Å². The lowest BCUT2D eigenvalue weighted by atomic mass is 10.2. The van der Waals surface area contributed by atoms with Crippen molar-refractivity contribution in [3.63, 3.8) is 0 Å². The van der Waals surface area contributed by atoms with E-state index in [0.29, 0.717) is 5.82 Å². The summed E-state index contributed by atoms with van der Waals surface area (Å²) in [7, 11) is 1.85. The quantitative estimate of drug-likeness (QED) is 0.830. The summed E-state index contributed by atoms with van der Waals surface area (Å²) in [5.74, 6) is -0.530. The van der Waals surface area contributed by atoms with Crippen LogP contribution in [0.4, 0.5) is 5.82 Å². The van der Waals surface area contributed by atoms with E-state index >= 15 is 0 Å². The van der Waals surface area contributed by atoms with Gasteiger partial charge in [-0.25, -0.2) is 4.79 Å². The number of anilines is 1. The van der Waals surface area contributed by atoms with Crippen LogP contribution in [0.1, 0.15) is 23.2 Å². The maximum Gasteiger partial charge on any atom is 0.339 e. The Balaban J connectivity index is 1.99. The molecule has 1 fully saturated rings. The Hall–Kier alpha value is -1.69. The molecule has 0 radical (unpaired) electrons. The number of hydrogen-bond donors (Lipinski definition) is 1. The molecule has 0 aliphatic carbocycles. The van der Waals surface area contributed by atoms with Gasteiger partial charge in [-0.15, -0.1) is 5.10 Å². The van der Waals surface area contributed by atoms with E-state index in [9.17, 15) is 4.79 Å². The van der Waals surface area contributed by atoms with Crippen molar-refractivity contribution in [2.75, 3.05) is 38.1 Å². The zero-order valence-corrected chi connectivity index (χ0v) is 10.5. The van der Waals surface area contributed by atoms with Crippen LogP contribution in [0.5, 0.6) is 0 Å². The van der Waals surface area contributed by atoms with Gasteiger partial charge in [0.15, 0.2) is 5.82 Å². The lowest BCUT2D eigenvalue weighted by molar-refractivity contribution is 0.0697. The van der Waals surface area contributed by atoms with Crippen molar-refractivity contribution in [2.45, 2.75) is 12.8 Å². The highest BCUT2D eigenvalue weighted by molar-refractivity contribution is 5.92. The summed E-state index contributed by atoms with van der Waals surface area (Å²) in [5, 5.41) is 16.8. The summed E-state index contributed by atoms with van der Waals surface area (Å²) in [6, 6.07) is 1.48. The minimum absolute atomic E-state index is 0.203. The van der Waals surface area contributed by atoms with Crippen molar-refractivity contribution >= 4 is 11.8 Å². The van der Waals surface area contributed by atoms with Gasteiger partial charge in [-0.05, 0) is 32.0 Å². The van der Waals surface area contributed by atoms with Crippen molar-refractivity contribution in [3.8, 4) is 0 Å². The first-order chi connectivity index (χ1) is 8.68. The molecule has 1 aromatic rings. The second kappa shape index (κ2) is 5.77. The first-order valence-corrected chi connectivity index (χ1v) is 6.17. The minimum atomic E-state index is -0.965. The standard InChI is InChI=1S/C12H18N4O2/c1-15(8-9-16-6-2-3-7-16)11-10(12(17)18)4-5-13-14-11/h4-5H,2-3,6-9H2,1H3,(H,17,18). The van der Waals surface area contributed by atoms with Gasteiger partial charge in [-0.3, -0.25) is 0 Å².